The number of aliphatic carboxylic acids is 1. The molecular formula is C15H18N2O3S. The van der Waals surface area contributed by atoms with Gasteiger partial charge in [-0.3, -0.25) is 9.36 Å². The van der Waals surface area contributed by atoms with Crippen molar-refractivity contribution in [1.29, 1.82) is 0 Å². The molecule has 0 aliphatic carbocycles. The highest BCUT2D eigenvalue weighted by Crippen LogP contribution is 2.23. The van der Waals surface area contributed by atoms with E-state index in [2.05, 4.69) is 11.9 Å². The molecule has 2 rings (SSSR count). The highest BCUT2D eigenvalue weighted by Gasteiger charge is 2.09. The molecule has 1 unspecified atom stereocenters. The van der Waals surface area contributed by atoms with Gasteiger partial charge in [-0.25, -0.2) is 4.98 Å². The van der Waals surface area contributed by atoms with Crippen LogP contribution < -0.4 is 4.74 Å². The number of thioether (sulfide) groups is 1. The molecule has 21 heavy (non-hydrogen) atoms. The molecule has 0 amide bonds. The van der Waals surface area contributed by atoms with Crippen molar-refractivity contribution >= 4 is 17.7 Å². The number of rotatable bonds is 7. The van der Waals surface area contributed by atoms with E-state index >= 15 is 0 Å². The lowest BCUT2D eigenvalue weighted by Gasteiger charge is -2.14. The number of nitrogens with zero attached hydrogens (tertiary/aromatic N) is 2. The molecule has 0 bridgehead atoms. The van der Waals surface area contributed by atoms with Crippen molar-refractivity contribution in [1.82, 2.24) is 9.55 Å². The van der Waals surface area contributed by atoms with Gasteiger partial charge in [0.15, 0.2) is 5.16 Å². The molecule has 0 saturated heterocycles. The fourth-order valence-corrected chi connectivity index (χ4v) is 2.43. The normalized spacial score (nSPS) is 12.1. The van der Waals surface area contributed by atoms with Gasteiger partial charge in [0.1, 0.15) is 5.75 Å². The fraction of sp³-hybridized carbons (Fsp3) is 0.333. The van der Waals surface area contributed by atoms with Gasteiger partial charge in [-0.05, 0) is 25.5 Å². The lowest BCUT2D eigenvalue weighted by Crippen LogP contribution is -2.10. The van der Waals surface area contributed by atoms with E-state index in [9.17, 15) is 4.79 Å². The molecule has 6 heteroatoms. The van der Waals surface area contributed by atoms with Gasteiger partial charge in [-0.1, -0.05) is 24.8 Å². The Labute approximate surface area is 128 Å². The maximum absolute atomic E-state index is 10.7. The summed E-state index contributed by atoms with van der Waals surface area (Å²) in [6, 6.07) is 7.70. The van der Waals surface area contributed by atoms with Gasteiger partial charge in [-0.2, -0.15) is 0 Å². The van der Waals surface area contributed by atoms with Crippen LogP contribution in [0.15, 0.2) is 41.8 Å². The van der Waals surface area contributed by atoms with Gasteiger partial charge in [0.2, 0.25) is 0 Å². The van der Waals surface area contributed by atoms with Crippen molar-refractivity contribution in [3.8, 4) is 11.4 Å². The quantitative estimate of drug-likeness (QED) is 0.796. The second-order valence-electron chi connectivity index (χ2n) is 4.60. The van der Waals surface area contributed by atoms with Crippen LogP contribution in [0.2, 0.25) is 0 Å². The lowest BCUT2D eigenvalue weighted by atomic mass is 10.2. The van der Waals surface area contributed by atoms with Gasteiger partial charge < -0.3 is 9.84 Å². The van der Waals surface area contributed by atoms with E-state index in [0.717, 1.165) is 17.9 Å². The summed E-state index contributed by atoms with van der Waals surface area (Å²) in [6.45, 7) is 4.10. The Kier molecular flexibility index (Phi) is 5.27. The average molecular weight is 306 g/mol. The van der Waals surface area contributed by atoms with E-state index in [4.69, 9.17) is 9.84 Å². The first-order valence-corrected chi connectivity index (χ1v) is 7.73. The zero-order valence-electron chi connectivity index (χ0n) is 12.0. The summed E-state index contributed by atoms with van der Waals surface area (Å²) in [7, 11) is 0. The number of carboxylic acids is 1. The summed E-state index contributed by atoms with van der Waals surface area (Å²) >= 11 is 1.19. The smallest absolute Gasteiger partial charge is 0.313 e. The zero-order chi connectivity index (χ0) is 15.2. The molecule has 0 saturated carbocycles. The highest BCUT2D eigenvalue weighted by molar-refractivity contribution is 7.99. The minimum Gasteiger partial charge on any atom is -0.491 e. The lowest BCUT2D eigenvalue weighted by molar-refractivity contribution is -0.133. The van der Waals surface area contributed by atoms with Crippen molar-refractivity contribution in [3.05, 3.63) is 36.7 Å². The standard InChI is InChI=1S/C15H18N2O3S/c1-3-11(2)20-13-6-4-5-12(9-13)17-8-7-16-15(17)21-10-14(18)19/h4-9,11H,3,10H2,1-2H3,(H,18,19). The van der Waals surface area contributed by atoms with Crippen LogP contribution in [0.4, 0.5) is 0 Å². The molecule has 1 aromatic carbocycles. The molecule has 112 valence electrons. The first kappa shape index (κ1) is 15.4. The van der Waals surface area contributed by atoms with Gasteiger partial charge in [-0.15, -0.1) is 0 Å². The molecule has 1 aromatic heterocycles. The Balaban J connectivity index is 2.20. The summed E-state index contributed by atoms with van der Waals surface area (Å²) in [5.41, 5.74) is 0.904. The van der Waals surface area contributed by atoms with Crippen molar-refractivity contribution < 1.29 is 14.6 Å². The Morgan fingerprint density at radius 2 is 2.33 bits per heavy atom. The maximum atomic E-state index is 10.7. The SMILES string of the molecule is CCC(C)Oc1cccc(-n2ccnc2SCC(=O)O)c1. The van der Waals surface area contributed by atoms with Crippen LogP contribution in [-0.4, -0.2) is 32.5 Å². The van der Waals surface area contributed by atoms with Crippen LogP contribution in [0.5, 0.6) is 5.75 Å². The maximum Gasteiger partial charge on any atom is 0.313 e. The molecule has 1 atom stereocenters. The predicted octanol–water partition coefficient (Wildman–Crippen LogP) is 3.23. The third-order valence-corrected chi connectivity index (χ3v) is 3.89. The fourth-order valence-electron chi connectivity index (χ4n) is 1.74. The number of hydrogen-bond donors (Lipinski definition) is 1. The molecular weight excluding hydrogens is 288 g/mol. The second kappa shape index (κ2) is 7.17. The Morgan fingerprint density at radius 3 is 3.05 bits per heavy atom. The van der Waals surface area contributed by atoms with Crippen molar-refractivity contribution in [3.63, 3.8) is 0 Å². The van der Waals surface area contributed by atoms with Crippen LogP contribution in [0.3, 0.4) is 0 Å². The summed E-state index contributed by atoms with van der Waals surface area (Å²) in [5, 5.41) is 9.42. The van der Waals surface area contributed by atoms with Gasteiger partial charge in [0.25, 0.3) is 0 Å². The molecule has 0 aliphatic heterocycles. The molecule has 2 aromatic rings. The molecule has 1 N–H and O–H groups in total. The molecule has 0 spiro atoms. The Bertz CT molecular complexity index is 612. The summed E-state index contributed by atoms with van der Waals surface area (Å²) in [6.07, 6.45) is 4.57. The largest absolute Gasteiger partial charge is 0.491 e. The third kappa shape index (κ3) is 4.26. The van der Waals surface area contributed by atoms with E-state index in [1.165, 1.54) is 11.8 Å². The first-order valence-electron chi connectivity index (χ1n) is 6.75. The number of ether oxygens (including phenoxy) is 1. The molecule has 1 heterocycles. The van der Waals surface area contributed by atoms with E-state index in [-0.39, 0.29) is 11.9 Å². The summed E-state index contributed by atoms with van der Waals surface area (Å²) < 4.78 is 7.66. The van der Waals surface area contributed by atoms with Crippen molar-refractivity contribution in [2.24, 2.45) is 0 Å². The van der Waals surface area contributed by atoms with Crippen molar-refractivity contribution in [2.75, 3.05) is 5.75 Å². The van der Waals surface area contributed by atoms with E-state index < -0.39 is 5.97 Å². The number of carboxylic acid groups (broad SMARTS) is 1. The summed E-state index contributed by atoms with van der Waals surface area (Å²) in [5.74, 6) is -0.0757. The van der Waals surface area contributed by atoms with Gasteiger partial charge >= 0.3 is 5.97 Å². The van der Waals surface area contributed by atoms with Gasteiger partial charge in [0.05, 0.1) is 17.5 Å². The van der Waals surface area contributed by atoms with E-state index in [1.54, 1.807) is 6.20 Å². The Hall–Kier alpha value is -1.95. The number of hydrogen-bond acceptors (Lipinski definition) is 4. The van der Waals surface area contributed by atoms with Crippen molar-refractivity contribution in [2.45, 2.75) is 31.5 Å². The second-order valence-corrected chi connectivity index (χ2v) is 5.54. The highest BCUT2D eigenvalue weighted by atomic mass is 32.2. The minimum absolute atomic E-state index is 0.0138. The first-order chi connectivity index (χ1) is 10.1. The van der Waals surface area contributed by atoms with Crippen LogP contribution in [0, 0.1) is 0 Å². The summed E-state index contributed by atoms with van der Waals surface area (Å²) in [4.78, 5) is 14.9. The minimum atomic E-state index is -0.858. The van der Waals surface area contributed by atoms with Crippen LogP contribution >= 0.6 is 11.8 Å². The van der Waals surface area contributed by atoms with Gasteiger partial charge in [0, 0.05) is 18.5 Å². The molecule has 0 fully saturated rings. The topological polar surface area (TPSA) is 64.4 Å². The Morgan fingerprint density at radius 1 is 1.52 bits per heavy atom. The van der Waals surface area contributed by atoms with Crippen LogP contribution in [0.1, 0.15) is 20.3 Å². The zero-order valence-corrected chi connectivity index (χ0v) is 12.8. The molecule has 5 nitrogen and oxygen atoms in total. The number of benzene rings is 1. The number of carbonyl (C=O) groups is 1. The molecule has 0 aliphatic rings. The third-order valence-electron chi connectivity index (χ3n) is 2.94. The number of aromatic nitrogens is 2. The number of imidazole rings is 1. The molecule has 0 radical (unpaired) electrons. The van der Waals surface area contributed by atoms with E-state index in [1.807, 2.05) is 42.0 Å². The van der Waals surface area contributed by atoms with Crippen LogP contribution in [0.25, 0.3) is 5.69 Å². The van der Waals surface area contributed by atoms with E-state index in [0.29, 0.717) is 5.16 Å². The average Bonchev–Trinajstić information content (AvgIpc) is 2.93. The van der Waals surface area contributed by atoms with Crippen LogP contribution in [-0.2, 0) is 4.79 Å². The predicted molar refractivity (Wildman–Crippen MR) is 82.3 cm³/mol. The monoisotopic (exact) mass is 306 g/mol.